The van der Waals surface area contributed by atoms with E-state index in [0.717, 1.165) is 12.1 Å². The van der Waals surface area contributed by atoms with Crippen LogP contribution in [-0.2, 0) is 22.1 Å². The van der Waals surface area contributed by atoms with Gasteiger partial charge in [0.2, 0.25) is 0 Å². The summed E-state index contributed by atoms with van der Waals surface area (Å²) in [6, 6.07) is 3.07. The molecule has 0 aliphatic heterocycles. The Kier molecular flexibility index (Phi) is 5.20. The van der Waals surface area contributed by atoms with Gasteiger partial charge in [0, 0.05) is 5.56 Å². The van der Waals surface area contributed by atoms with Gasteiger partial charge in [-0.15, -0.1) is 0 Å². The molecule has 0 bridgehead atoms. The van der Waals surface area contributed by atoms with Crippen LogP contribution in [0.3, 0.4) is 0 Å². The zero-order chi connectivity index (χ0) is 14.5. The van der Waals surface area contributed by atoms with Gasteiger partial charge >= 0.3 is 12.1 Å². The Morgan fingerprint density at radius 3 is 2.42 bits per heavy atom. The van der Waals surface area contributed by atoms with Crippen LogP contribution in [0.4, 0.5) is 13.2 Å². The lowest BCUT2D eigenvalue weighted by molar-refractivity contribution is -0.142. The molecule has 0 unspecified atom stereocenters. The van der Waals surface area contributed by atoms with Crippen LogP contribution in [0, 0.1) is 0 Å². The zero-order valence-corrected chi connectivity index (χ0v) is 10.7. The lowest BCUT2D eigenvalue weighted by Crippen LogP contribution is -2.11. The van der Waals surface area contributed by atoms with Crippen molar-refractivity contribution in [2.75, 3.05) is 13.2 Å². The first-order valence-corrected chi connectivity index (χ1v) is 5.87. The second-order valence-corrected chi connectivity index (χ2v) is 3.74. The van der Waals surface area contributed by atoms with Crippen LogP contribution < -0.4 is 4.74 Å². The second-order valence-electron chi connectivity index (χ2n) is 3.74. The molecule has 1 aromatic rings. The standard InChI is InChI=1S/C13H15F3O3/c1-3-18-11-6-5-10(13(14,15)16)7-9(11)8-12(17)19-4-2/h5-7H,3-4,8H2,1-2H3. The Hall–Kier alpha value is -1.72. The molecule has 106 valence electrons. The van der Waals surface area contributed by atoms with E-state index in [0.29, 0.717) is 6.61 Å². The number of hydrogen-bond acceptors (Lipinski definition) is 3. The Bertz CT molecular complexity index is 441. The van der Waals surface area contributed by atoms with Crippen LogP contribution >= 0.6 is 0 Å². The Morgan fingerprint density at radius 2 is 1.89 bits per heavy atom. The first-order chi connectivity index (χ1) is 8.88. The number of carbonyl (C=O) groups is 1. The summed E-state index contributed by atoms with van der Waals surface area (Å²) in [4.78, 5) is 11.4. The topological polar surface area (TPSA) is 35.5 Å². The molecule has 19 heavy (non-hydrogen) atoms. The van der Waals surface area contributed by atoms with Crippen molar-refractivity contribution >= 4 is 5.97 Å². The lowest BCUT2D eigenvalue weighted by atomic mass is 10.1. The van der Waals surface area contributed by atoms with Gasteiger partial charge in [-0.1, -0.05) is 0 Å². The van der Waals surface area contributed by atoms with Crippen LogP contribution in [0.15, 0.2) is 18.2 Å². The first kappa shape index (κ1) is 15.3. The van der Waals surface area contributed by atoms with Gasteiger partial charge in [-0.05, 0) is 32.0 Å². The van der Waals surface area contributed by atoms with Crippen LogP contribution in [0.5, 0.6) is 5.75 Å². The second kappa shape index (κ2) is 6.45. The highest BCUT2D eigenvalue weighted by molar-refractivity contribution is 5.73. The van der Waals surface area contributed by atoms with Crippen LogP contribution in [0.25, 0.3) is 0 Å². The van der Waals surface area contributed by atoms with Crippen molar-refractivity contribution in [2.45, 2.75) is 26.4 Å². The van der Waals surface area contributed by atoms with E-state index in [2.05, 4.69) is 0 Å². The predicted molar refractivity (Wildman–Crippen MR) is 63.0 cm³/mol. The molecular weight excluding hydrogens is 261 g/mol. The average Bonchev–Trinajstić information content (AvgIpc) is 2.30. The van der Waals surface area contributed by atoms with Crippen molar-refractivity contribution < 1.29 is 27.4 Å². The number of rotatable bonds is 5. The molecule has 0 heterocycles. The Labute approximate surface area is 109 Å². The fraction of sp³-hybridized carbons (Fsp3) is 0.462. The molecule has 1 aromatic carbocycles. The van der Waals surface area contributed by atoms with E-state index in [4.69, 9.17) is 9.47 Å². The van der Waals surface area contributed by atoms with Gasteiger partial charge in [-0.3, -0.25) is 4.79 Å². The molecule has 0 radical (unpaired) electrons. The summed E-state index contributed by atoms with van der Waals surface area (Å²) < 4.78 is 47.8. The quantitative estimate of drug-likeness (QED) is 0.775. The molecule has 0 aliphatic rings. The predicted octanol–water partition coefficient (Wildman–Crippen LogP) is 3.21. The van der Waals surface area contributed by atoms with Crippen LogP contribution in [0.2, 0.25) is 0 Å². The van der Waals surface area contributed by atoms with Gasteiger partial charge in [0.05, 0.1) is 25.2 Å². The van der Waals surface area contributed by atoms with Crippen molar-refractivity contribution in [3.63, 3.8) is 0 Å². The lowest BCUT2D eigenvalue weighted by Gasteiger charge is -2.13. The summed E-state index contributed by atoms with van der Waals surface area (Å²) in [6.45, 7) is 3.84. The molecule has 0 N–H and O–H groups in total. The van der Waals surface area contributed by atoms with Crippen molar-refractivity contribution in [3.8, 4) is 5.75 Å². The zero-order valence-electron chi connectivity index (χ0n) is 10.7. The summed E-state index contributed by atoms with van der Waals surface area (Å²) in [7, 11) is 0. The fourth-order valence-corrected chi connectivity index (χ4v) is 1.56. The fourth-order valence-electron chi connectivity index (χ4n) is 1.56. The van der Waals surface area contributed by atoms with Crippen molar-refractivity contribution in [3.05, 3.63) is 29.3 Å². The SMILES string of the molecule is CCOC(=O)Cc1cc(C(F)(F)F)ccc1OCC. The third kappa shape index (κ3) is 4.46. The minimum Gasteiger partial charge on any atom is -0.494 e. The molecule has 6 heteroatoms. The first-order valence-electron chi connectivity index (χ1n) is 5.87. The smallest absolute Gasteiger partial charge is 0.416 e. The molecule has 1 rings (SSSR count). The highest BCUT2D eigenvalue weighted by Crippen LogP contribution is 2.32. The number of alkyl halides is 3. The van der Waals surface area contributed by atoms with Crippen LogP contribution in [0.1, 0.15) is 25.0 Å². The third-order valence-electron chi connectivity index (χ3n) is 2.33. The monoisotopic (exact) mass is 276 g/mol. The van der Waals surface area contributed by atoms with Crippen molar-refractivity contribution in [1.82, 2.24) is 0 Å². The maximum atomic E-state index is 12.6. The highest BCUT2D eigenvalue weighted by atomic mass is 19.4. The minimum absolute atomic E-state index is 0.176. The van der Waals surface area contributed by atoms with Gasteiger partial charge in [-0.25, -0.2) is 0 Å². The third-order valence-corrected chi connectivity index (χ3v) is 2.33. The molecular formula is C13H15F3O3. The van der Waals surface area contributed by atoms with Gasteiger partial charge in [0.15, 0.2) is 0 Å². The average molecular weight is 276 g/mol. The maximum absolute atomic E-state index is 12.6. The molecule has 0 aliphatic carbocycles. The summed E-state index contributed by atoms with van der Waals surface area (Å²) in [6.07, 6.45) is -4.69. The molecule has 0 atom stereocenters. The molecule has 0 spiro atoms. The van der Waals surface area contributed by atoms with E-state index in [1.165, 1.54) is 6.07 Å². The van der Waals surface area contributed by atoms with Crippen molar-refractivity contribution in [2.24, 2.45) is 0 Å². The van der Waals surface area contributed by atoms with E-state index in [9.17, 15) is 18.0 Å². The number of benzene rings is 1. The number of hydrogen-bond donors (Lipinski definition) is 0. The van der Waals surface area contributed by atoms with E-state index < -0.39 is 17.7 Å². The number of esters is 1. The van der Waals surface area contributed by atoms with Gasteiger partial charge in [0.1, 0.15) is 5.75 Å². The highest BCUT2D eigenvalue weighted by Gasteiger charge is 2.31. The van der Waals surface area contributed by atoms with Gasteiger partial charge in [-0.2, -0.15) is 13.2 Å². The number of ether oxygens (including phenoxy) is 2. The summed E-state index contributed by atoms with van der Waals surface area (Å²) >= 11 is 0. The van der Waals surface area contributed by atoms with E-state index in [-0.39, 0.29) is 24.3 Å². The van der Waals surface area contributed by atoms with E-state index >= 15 is 0 Å². The Morgan fingerprint density at radius 1 is 1.21 bits per heavy atom. The summed E-state index contributed by atoms with van der Waals surface area (Å²) in [5, 5.41) is 0. The Balaban J connectivity index is 3.05. The normalized spacial score (nSPS) is 11.2. The maximum Gasteiger partial charge on any atom is 0.416 e. The van der Waals surface area contributed by atoms with E-state index in [1.54, 1.807) is 13.8 Å². The molecule has 0 saturated heterocycles. The van der Waals surface area contributed by atoms with Gasteiger partial charge < -0.3 is 9.47 Å². The van der Waals surface area contributed by atoms with Crippen LogP contribution in [-0.4, -0.2) is 19.2 Å². The largest absolute Gasteiger partial charge is 0.494 e. The molecule has 0 aromatic heterocycles. The number of halogens is 3. The summed E-state index contributed by atoms with van der Waals surface area (Å²) in [5.74, 6) is -0.314. The minimum atomic E-state index is -4.45. The molecule has 3 nitrogen and oxygen atoms in total. The molecule has 0 fully saturated rings. The number of carbonyl (C=O) groups excluding carboxylic acids is 1. The molecule has 0 saturated carbocycles. The van der Waals surface area contributed by atoms with Crippen molar-refractivity contribution in [1.29, 1.82) is 0 Å². The van der Waals surface area contributed by atoms with Gasteiger partial charge in [0.25, 0.3) is 0 Å². The summed E-state index contributed by atoms with van der Waals surface area (Å²) in [5.41, 5.74) is -0.634. The van der Waals surface area contributed by atoms with E-state index in [1.807, 2.05) is 0 Å². The molecule has 0 amide bonds.